The fourth-order valence-corrected chi connectivity index (χ4v) is 3.00. The molecule has 25 heavy (non-hydrogen) atoms. The molecular weight excluding hydrogens is 316 g/mol. The zero-order valence-corrected chi connectivity index (χ0v) is 14.3. The van der Waals surface area contributed by atoms with Crippen LogP contribution in [0.15, 0.2) is 54.6 Å². The van der Waals surface area contributed by atoms with Crippen LogP contribution in [0.25, 0.3) is 0 Å². The minimum atomic E-state index is -0.342. The summed E-state index contributed by atoms with van der Waals surface area (Å²) in [5, 5.41) is 2.92. The Kier molecular flexibility index (Phi) is 5.33. The van der Waals surface area contributed by atoms with E-state index in [0.29, 0.717) is 25.4 Å². The Bertz CT molecular complexity index is 746. The van der Waals surface area contributed by atoms with E-state index in [1.54, 1.807) is 4.90 Å². The van der Waals surface area contributed by atoms with Crippen molar-refractivity contribution in [1.82, 2.24) is 5.32 Å². The normalized spacial score (nSPS) is 16.8. The molecule has 0 radical (unpaired) electrons. The zero-order chi connectivity index (χ0) is 17.6. The lowest BCUT2D eigenvalue weighted by molar-refractivity contribution is -0.126. The average Bonchev–Trinajstić information content (AvgIpc) is 3.03. The quantitative estimate of drug-likeness (QED) is 0.881. The summed E-state index contributed by atoms with van der Waals surface area (Å²) in [6, 6.07) is 17.2. The Balaban J connectivity index is 1.65. The van der Waals surface area contributed by atoms with E-state index in [-0.39, 0.29) is 24.2 Å². The van der Waals surface area contributed by atoms with E-state index in [4.69, 9.17) is 4.74 Å². The monoisotopic (exact) mass is 338 g/mol. The Hall–Kier alpha value is -2.82. The van der Waals surface area contributed by atoms with Gasteiger partial charge >= 0.3 is 0 Å². The van der Waals surface area contributed by atoms with Crippen LogP contribution < -0.4 is 15.0 Å². The van der Waals surface area contributed by atoms with Crippen molar-refractivity contribution >= 4 is 17.5 Å². The first-order chi connectivity index (χ1) is 12.2. The summed E-state index contributed by atoms with van der Waals surface area (Å²) in [4.78, 5) is 26.5. The van der Waals surface area contributed by atoms with E-state index >= 15 is 0 Å². The lowest BCUT2D eigenvalue weighted by Gasteiger charge is -2.20. The molecule has 2 amide bonds. The SMILES string of the molecule is CCOc1ccccc1N1CC(C(=O)NCc2ccccc2)CC1=O. The van der Waals surface area contributed by atoms with Gasteiger partial charge in [0, 0.05) is 19.5 Å². The lowest BCUT2D eigenvalue weighted by Crippen LogP contribution is -2.32. The molecule has 1 fully saturated rings. The van der Waals surface area contributed by atoms with Crippen LogP contribution in [0.4, 0.5) is 5.69 Å². The molecule has 0 aromatic heterocycles. The highest BCUT2D eigenvalue weighted by Gasteiger charge is 2.36. The number of benzene rings is 2. The van der Waals surface area contributed by atoms with Crippen molar-refractivity contribution in [3.63, 3.8) is 0 Å². The van der Waals surface area contributed by atoms with Crippen LogP contribution in [-0.2, 0) is 16.1 Å². The van der Waals surface area contributed by atoms with Crippen LogP contribution in [0.3, 0.4) is 0 Å². The standard InChI is InChI=1S/C20H22N2O3/c1-2-25-18-11-7-6-10-17(18)22-14-16(12-19(22)23)20(24)21-13-15-8-4-3-5-9-15/h3-11,16H,2,12-14H2,1H3,(H,21,24). The van der Waals surface area contributed by atoms with Gasteiger partial charge in [0.05, 0.1) is 18.2 Å². The van der Waals surface area contributed by atoms with Gasteiger partial charge in [0.15, 0.2) is 0 Å². The smallest absolute Gasteiger partial charge is 0.227 e. The first-order valence-electron chi connectivity index (χ1n) is 8.53. The average molecular weight is 338 g/mol. The number of carbonyl (C=O) groups excluding carboxylic acids is 2. The Morgan fingerprint density at radius 2 is 1.88 bits per heavy atom. The zero-order valence-electron chi connectivity index (χ0n) is 14.3. The maximum atomic E-state index is 12.4. The van der Waals surface area contributed by atoms with Gasteiger partial charge in [-0.05, 0) is 24.6 Å². The number of hydrogen-bond donors (Lipinski definition) is 1. The third-order valence-corrected chi connectivity index (χ3v) is 4.26. The first kappa shape index (κ1) is 17.0. The number of nitrogens with one attached hydrogen (secondary N) is 1. The molecule has 2 aromatic carbocycles. The number of amides is 2. The summed E-state index contributed by atoms with van der Waals surface area (Å²) in [7, 11) is 0. The van der Waals surface area contributed by atoms with Gasteiger partial charge in [-0.25, -0.2) is 0 Å². The molecule has 5 nitrogen and oxygen atoms in total. The minimum Gasteiger partial charge on any atom is -0.492 e. The maximum absolute atomic E-state index is 12.4. The molecule has 3 rings (SSSR count). The van der Waals surface area contributed by atoms with Gasteiger partial charge in [0.2, 0.25) is 11.8 Å². The topological polar surface area (TPSA) is 58.6 Å². The van der Waals surface area contributed by atoms with Crippen LogP contribution in [0.1, 0.15) is 18.9 Å². The molecule has 1 heterocycles. The number of ether oxygens (including phenoxy) is 1. The van der Waals surface area contributed by atoms with Gasteiger partial charge in [-0.15, -0.1) is 0 Å². The van der Waals surface area contributed by atoms with E-state index in [9.17, 15) is 9.59 Å². The van der Waals surface area contributed by atoms with Crippen LogP contribution in [0, 0.1) is 5.92 Å². The summed E-state index contributed by atoms with van der Waals surface area (Å²) < 4.78 is 5.60. The highest BCUT2D eigenvalue weighted by molar-refractivity contribution is 6.01. The van der Waals surface area contributed by atoms with Crippen molar-refractivity contribution in [3.8, 4) is 5.75 Å². The number of carbonyl (C=O) groups is 2. The molecule has 1 saturated heterocycles. The third-order valence-electron chi connectivity index (χ3n) is 4.26. The van der Waals surface area contributed by atoms with Crippen molar-refractivity contribution in [1.29, 1.82) is 0 Å². The van der Waals surface area contributed by atoms with Gasteiger partial charge in [0.25, 0.3) is 0 Å². The van der Waals surface area contributed by atoms with Crippen LogP contribution in [0.2, 0.25) is 0 Å². The fourth-order valence-electron chi connectivity index (χ4n) is 3.00. The molecule has 1 aliphatic rings. The number of nitrogens with zero attached hydrogens (tertiary/aromatic N) is 1. The highest BCUT2D eigenvalue weighted by Crippen LogP contribution is 2.33. The van der Waals surface area contributed by atoms with Crippen molar-refractivity contribution in [3.05, 3.63) is 60.2 Å². The summed E-state index contributed by atoms with van der Waals surface area (Å²) in [6.07, 6.45) is 0.223. The van der Waals surface area contributed by atoms with Gasteiger partial charge in [-0.2, -0.15) is 0 Å². The second-order valence-corrected chi connectivity index (χ2v) is 6.01. The molecule has 0 saturated carbocycles. The molecule has 130 valence electrons. The molecular formula is C20H22N2O3. The second kappa shape index (κ2) is 7.83. The molecule has 1 aliphatic heterocycles. The minimum absolute atomic E-state index is 0.0491. The molecule has 0 bridgehead atoms. The second-order valence-electron chi connectivity index (χ2n) is 6.01. The predicted octanol–water partition coefficient (Wildman–Crippen LogP) is 2.75. The largest absolute Gasteiger partial charge is 0.492 e. The molecule has 0 spiro atoms. The van der Waals surface area contributed by atoms with E-state index in [0.717, 1.165) is 11.3 Å². The third kappa shape index (κ3) is 3.99. The van der Waals surface area contributed by atoms with Crippen molar-refractivity contribution in [2.45, 2.75) is 19.9 Å². The fraction of sp³-hybridized carbons (Fsp3) is 0.300. The predicted molar refractivity (Wildman–Crippen MR) is 96.4 cm³/mol. The summed E-state index contributed by atoms with van der Waals surface area (Å²) in [5.41, 5.74) is 1.77. The highest BCUT2D eigenvalue weighted by atomic mass is 16.5. The molecule has 1 N–H and O–H groups in total. The van der Waals surface area contributed by atoms with Crippen LogP contribution >= 0.6 is 0 Å². The molecule has 2 aromatic rings. The van der Waals surface area contributed by atoms with Crippen LogP contribution in [0.5, 0.6) is 5.75 Å². The first-order valence-corrected chi connectivity index (χ1v) is 8.53. The van der Waals surface area contributed by atoms with E-state index in [1.807, 2.05) is 61.5 Å². The number of anilines is 1. The van der Waals surface area contributed by atoms with Crippen molar-refractivity contribution in [2.24, 2.45) is 5.92 Å². The van der Waals surface area contributed by atoms with Crippen molar-refractivity contribution in [2.75, 3.05) is 18.1 Å². The Morgan fingerprint density at radius 3 is 2.64 bits per heavy atom. The Labute approximate surface area is 147 Å². The summed E-state index contributed by atoms with van der Waals surface area (Å²) >= 11 is 0. The number of hydrogen-bond acceptors (Lipinski definition) is 3. The lowest BCUT2D eigenvalue weighted by atomic mass is 10.1. The summed E-state index contributed by atoms with van der Waals surface area (Å²) in [5.74, 6) is 0.190. The Morgan fingerprint density at radius 1 is 1.16 bits per heavy atom. The van der Waals surface area contributed by atoms with Gasteiger partial charge in [-0.1, -0.05) is 42.5 Å². The van der Waals surface area contributed by atoms with Crippen molar-refractivity contribution < 1.29 is 14.3 Å². The number of para-hydroxylation sites is 2. The van der Waals surface area contributed by atoms with E-state index in [1.165, 1.54) is 0 Å². The van der Waals surface area contributed by atoms with E-state index < -0.39 is 0 Å². The molecule has 1 atom stereocenters. The van der Waals surface area contributed by atoms with Gasteiger partial charge in [-0.3, -0.25) is 9.59 Å². The van der Waals surface area contributed by atoms with Gasteiger partial charge < -0.3 is 15.0 Å². The molecule has 5 heteroatoms. The van der Waals surface area contributed by atoms with Crippen LogP contribution in [-0.4, -0.2) is 25.0 Å². The van der Waals surface area contributed by atoms with Gasteiger partial charge in [0.1, 0.15) is 5.75 Å². The maximum Gasteiger partial charge on any atom is 0.227 e. The molecule has 1 unspecified atom stereocenters. The summed E-state index contributed by atoms with van der Waals surface area (Å²) in [6.45, 7) is 3.28. The molecule has 0 aliphatic carbocycles. The van der Waals surface area contributed by atoms with E-state index in [2.05, 4.69) is 5.32 Å². The number of rotatable bonds is 6.